The van der Waals surface area contributed by atoms with Gasteiger partial charge in [0.25, 0.3) is 0 Å². The first-order valence-corrected chi connectivity index (χ1v) is 6.45. The van der Waals surface area contributed by atoms with E-state index in [0.717, 1.165) is 0 Å². The molecule has 0 bridgehead atoms. The van der Waals surface area contributed by atoms with Crippen molar-refractivity contribution in [1.29, 1.82) is 0 Å². The van der Waals surface area contributed by atoms with Crippen molar-refractivity contribution in [2.75, 3.05) is 25.0 Å². The van der Waals surface area contributed by atoms with E-state index in [1.54, 1.807) is 0 Å². The summed E-state index contributed by atoms with van der Waals surface area (Å²) < 4.78 is 5.48. The van der Waals surface area contributed by atoms with Gasteiger partial charge in [0.15, 0.2) is 0 Å². The maximum atomic E-state index is 11.8. The number of hydrogen-bond acceptors (Lipinski definition) is 4. The standard InChI is InChI=1S/C13H15ClN2O4/c1-13(6-15-7-13)20-5-11(17)16-10-4-8(14)2-3-9(10)12(18)19/h2-4,15H,5-7H2,1H3,(H,16,17)(H,18,19). The lowest BCUT2D eigenvalue weighted by molar-refractivity contribution is -0.130. The van der Waals surface area contributed by atoms with Crippen LogP contribution in [0.4, 0.5) is 5.69 Å². The predicted molar refractivity (Wildman–Crippen MR) is 74.3 cm³/mol. The van der Waals surface area contributed by atoms with Crippen LogP contribution in [0.25, 0.3) is 0 Å². The van der Waals surface area contributed by atoms with Crippen molar-refractivity contribution in [2.45, 2.75) is 12.5 Å². The van der Waals surface area contributed by atoms with Crippen LogP contribution >= 0.6 is 11.6 Å². The summed E-state index contributed by atoms with van der Waals surface area (Å²) in [5.74, 6) is -1.55. The summed E-state index contributed by atoms with van der Waals surface area (Å²) in [4.78, 5) is 22.8. The van der Waals surface area contributed by atoms with E-state index >= 15 is 0 Å². The zero-order chi connectivity index (χ0) is 14.8. The minimum absolute atomic E-state index is 0.0146. The number of carboxylic acid groups (broad SMARTS) is 1. The summed E-state index contributed by atoms with van der Waals surface area (Å²) >= 11 is 5.80. The van der Waals surface area contributed by atoms with Crippen LogP contribution in [0.3, 0.4) is 0 Å². The smallest absolute Gasteiger partial charge is 0.337 e. The second-order valence-corrected chi connectivity index (χ2v) is 5.32. The fourth-order valence-corrected chi connectivity index (χ4v) is 1.98. The number of anilines is 1. The Morgan fingerprint density at radius 2 is 2.20 bits per heavy atom. The summed E-state index contributed by atoms with van der Waals surface area (Å²) in [5.41, 5.74) is -0.184. The Bertz CT molecular complexity index is 543. The molecule has 1 amide bonds. The Morgan fingerprint density at radius 1 is 1.50 bits per heavy atom. The zero-order valence-corrected chi connectivity index (χ0v) is 11.7. The molecule has 1 heterocycles. The van der Waals surface area contributed by atoms with E-state index < -0.39 is 11.9 Å². The second kappa shape index (κ2) is 5.78. The summed E-state index contributed by atoms with van der Waals surface area (Å²) in [6.07, 6.45) is 0. The highest BCUT2D eigenvalue weighted by atomic mass is 35.5. The lowest BCUT2D eigenvalue weighted by Crippen LogP contribution is -2.59. The first-order valence-electron chi connectivity index (χ1n) is 6.07. The van der Waals surface area contributed by atoms with E-state index in [1.165, 1.54) is 18.2 Å². The number of hydrogen-bond donors (Lipinski definition) is 3. The molecule has 0 unspecified atom stereocenters. The molecule has 0 aromatic heterocycles. The maximum Gasteiger partial charge on any atom is 0.337 e. The van der Waals surface area contributed by atoms with Crippen LogP contribution in [0.2, 0.25) is 5.02 Å². The van der Waals surface area contributed by atoms with Gasteiger partial charge in [0, 0.05) is 18.1 Å². The van der Waals surface area contributed by atoms with E-state index in [1.807, 2.05) is 6.92 Å². The molecule has 20 heavy (non-hydrogen) atoms. The van der Waals surface area contributed by atoms with Crippen molar-refractivity contribution in [1.82, 2.24) is 5.32 Å². The SMILES string of the molecule is CC1(OCC(=O)Nc2cc(Cl)ccc2C(=O)O)CNC1. The molecular formula is C13H15ClN2O4. The van der Waals surface area contributed by atoms with E-state index in [4.69, 9.17) is 21.4 Å². The molecule has 3 N–H and O–H groups in total. The molecule has 6 nitrogen and oxygen atoms in total. The normalized spacial score (nSPS) is 16.3. The fourth-order valence-electron chi connectivity index (χ4n) is 1.81. The molecule has 0 spiro atoms. The van der Waals surface area contributed by atoms with Crippen molar-refractivity contribution in [3.63, 3.8) is 0 Å². The van der Waals surface area contributed by atoms with Gasteiger partial charge in [-0.2, -0.15) is 0 Å². The number of halogens is 1. The highest BCUT2D eigenvalue weighted by Crippen LogP contribution is 2.21. The lowest BCUT2D eigenvalue weighted by atomic mass is 10.0. The van der Waals surface area contributed by atoms with Crippen LogP contribution < -0.4 is 10.6 Å². The van der Waals surface area contributed by atoms with Gasteiger partial charge >= 0.3 is 5.97 Å². The van der Waals surface area contributed by atoms with Gasteiger partial charge in [0.2, 0.25) is 5.91 Å². The molecule has 1 aliphatic rings. The summed E-state index contributed by atoms with van der Waals surface area (Å²) in [6.45, 7) is 3.15. The first kappa shape index (κ1) is 14.8. The van der Waals surface area contributed by atoms with Crippen molar-refractivity contribution in [3.05, 3.63) is 28.8 Å². The molecule has 108 valence electrons. The van der Waals surface area contributed by atoms with Crippen molar-refractivity contribution < 1.29 is 19.4 Å². The average Bonchev–Trinajstić information content (AvgIpc) is 2.33. The molecule has 7 heteroatoms. The van der Waals surface area contributed by atoms with Gasteiger partial charge in [-0.1, -0.05) is 11.6 Å². The van der Waals surface area contributed by atoms with Gasteiger partial charge in [-0.15, -0.1) is 0 Å². The molecule has 2 rings (SSSR count). The third-order valence-electron chi connectivity index (χ3n) is 3.04. The largest absolute Gasteiger partial charge is 0.478 e. The number of carboxylic acids is 1. The molecular weight excluding hydrogens is 284 g/mol. The Kier molecular flexibility index (Phi) is 4.27. The first-order chi connectivity index (χ1) is 9.39. The second-order valence-electron chi connectivity index (χ2n) is 4.89. The third kappa shape index (κ3) is 3.47. The monoisotopic (exact) mass is 298 g/mol. The van der Waals surface area contributed by atoms with E-state index in [9.17, 15) is 9.59 Å². The van der Waals surface area contributed by atoms with Gasteiger partial charge < -0.3 is 20.5 Å². The fraction of sp³-hybridized carbons (Fsp3) is 0.385. The number of carbonyl (C=O) groups is 2. The molecule has 1 fully saturated rings. The minimum atomic E-state index is -1.13. The third-order valence-corrected chi connectivity index (χ3v) is 3.27. The van der Waals surface area contributed by atoms with Crippen LogP contribution in [0, 0.1) is 0 Å². The van der Waals surface area contributed by atoms with Gasteiger partial charge in [-0.3, -0.25) is 4.79 Å². The van der Waals surface area contributed by atoms with Gasteiger partial charge in [0.1, 0.15) is 6.61 Å². The summed E-state index contributed by atoms with van der Waals surface area (Å²) in [7, 11) is 0. The highest BCUT2D eigenvalue weighted by molar-refractivity contribution is 6.31. The molecule has 1 saturated heterocycles. The highest BCUT2D eigenvalue weighted by Gasteiger charge is 2.33. The van der Waals surface area contributed by atoms with Crippen LogP contribution in [-0.2, 0) is 9.53 Å². The number of aromatic carboxylic acids is 1. The summed E-state index contributed by atoms with van der Waals surface area (Å²) in [6, 6.07) is 4.20. The summed E-state index contributed by atoms with van der Waals surface area (Å²) in [5, 5.41) is 14.9. The average molecular weight is 299 g/mol. The predicted octanol–water partition coefficient (Wildman–Crippen LogP) is 1.36. The van der Waals surface area contributed by atoms with E-state index in [0.29, 0.717) is 18.1 Å². The molecule has 1 aromatic rings. The zero-order valence-electron chi connectivity index (χ0n) is 10.9. The topological polar surface area (TPSA) is 87.7 Å². The Labute approximate surface area is 121 Å². The minimum Gasteiger partial charge on any atom is -0.478 e. The lowest BCUT2D eigenvalue weighted by Gasteiger charge is -2.38. The molecule has 0 aliphatic carbocycles. The van der Waals surface area contributed by atoms with Gasteiger partial charge in [-0.25, -0.2) is 4.79 Å². The van der Waals surface area contributed by atoms with Crippen LogP contribution in [-0.4, -0.2) is 42.3 Å². The van der Waals surface area contributed by atoms with Crippen LogP contribution in [0.5, 0.6) is 0 Å². The number of amides is 1. The van der Waals surface area contributed by atoms with Crippen LogP contribution in [0.15, 0.2) is 18.2 Å². The number of rotatable bonds is 5. The van der Waals surface area contributed by atoms with Gasteiger partial charge in [0.05, 0.1) is 16.9 Å². The van der Waals surface area contributed by atoms with Crippen LogP contribution in [0.1, 0.15) is 17.3 Å². The molecule has 1 aromatic carbocycles. The molecule has 0 saturated carbocycles. The quantitative estimate of drug-likeness (QED) is 0.764. The number of benzene rings is 1. The van der Waals surface area contributed by atoms with Crippen molar-refractivity contribution in [3.8, 4) is 0 Å². The molecule has 1 aliphatic heterocycles. The van der Waals surface area contributed by atoms with Gasteiger partial charge in [-0.05, 0) is 25.1 Å². The van der Waals surface area contributed by atoms with Crippen molar-refractivity contribution in [2.24, 2.45) is 0 Å². The Balaban J connectivity index is 1.99. The van der Waals surface area contributed by atoms with Crippen molar-refractivity contribution >= 4 is 29.2 Å². The maximum absolute atomic E-state index is 11.8. The number of carbonyl (C=O) groups excluding carboxylic acids is 1. The molecule has 0 radical (unpaired) electrons. The number of nitrogens with one attached hydrogen (secondary N) is 2. The Morgan fingerprint density at radius 3 is 2.75 bits per heavy atom. The van der Waals surface area contributed by atoms with E-state index in [-0.39, 0.29) is 23.5 Å². The Hall–Kier alpha value is -1.63. The van der Waals surface area contributed by atoms with E-state index in [2.05, 4.69) is 10.6 Å². The number of ether oxygens (including phenoxy) is 1. The molecule has 0 atom stereocenters.